The number of hydrogen-bond donors (Lipinski definition) is 0. The van der Waals surface area contributed by atoms with E-state index in [1.54, 1.807) is 43.7 Å². The summed E-state index contributed by atoms with van der Waals surface area (Å²) in [6, 6.07) is 12.1. The minimum atomic E-state index is -0.711. The van der Waals surface area contributed by atoms with Gasteiger partial charge in [0, 0.05) is 0 Å². The standard InChI is InChI=1S/C25H22N2O6S/c1-4-31-24(29)21-14(2)26-25-27(22(21)16-8-9-18-19(12-16)33-13-32-18)23(28)20(34-25)11-15-6-5-7-17(10-15)30-3/h5-12,22H,4,13H2,1-3H3/b20-11+. The van der Waals surface area contributed by atoms with Gasteiger partial charge in [-0.25, -0.2) is 9.79 Å². The van der Waals surface area contributed by atoms with E-state index in [4.69, 9.17) is 18.9 Å². The lowest BCUT2D eigenvalue weighted by Crippen LogP contribution is -2.39. The number of hydrogen-bond acceptors (Lipinski definition) is 8. The monoisotopic (exact) mass is 478 g/mol. The molecule has 2 aliphatic heterocycles. The van der Waals surface area contributed by atoms with E-state index in [9.17, 15) is 9.59 Å². The average Bonchev–Trinajstić information content (AvgIpc) is 3.42. The maximum atomic E-state index is 13.6. The Labute approximate surface area is 199 Å². The van der Waals surface area contributed by atoms with Crippen molar-refractivity contribution in [2.24, 2.45) is 4.99 Å². The number of rotatable bonds is 5. The predicted octanol–water partition coefficient (Wildman–Crippen LogP) is 2.54. The summed E-state index contributed by atoms with van der Waals surface area (Å²) in [6.45, 7) is 3.84. The second-order valence-electron chi connectivity index (χ2n) is 7.69. The van der Waals surface area contributed by atoms with E-state index in [1.165, 1.54) is 11.3 Å². The Bertz CT molecular complexity index is 1500. The molecule has 0 saturated heterocycles. The summed E-state index contributed by atoms with van der Waals surface area (Å²) < 4.78 is 23.6. The van der Waals surface area contributed by atoms with Crippen molar-refractivity contribution in [3.05, 3.63) is 84.5 Å². The van der Waals surface area contributed by atoms with Crippen LogP contribution in [0.25, 0.3) is 6.08 Å². The lowest BCUT2D eigenvalue weighted by molar-refractivity contribution is -0.139. The summed E-state index contributed by atoms with van der Waals surface area (Å²) in [7, 11) is 1.60. The van der Waals surface area contributed by atoms with Crippen LogP contribution in [0.15, 0.2) is 63.5 Å². The summed E-state index contributed by atoms with van der Waals surface area (Å²) in [5.41, 5.74) is 2.11. The van der Waals surface area contributed by atoms with Crippen molar-refractivity contribution in [2.45, 2.75) is 19.9 Å². The molecule has 174 valence electrons. The van der Waals surface area contributed by atoms with Crippen LogP contribution in [0.3, 0.4) is 0 Å². The highest BCUT2D eigenvalue weighted by molar-refractivity contribution is 7.07. The van der Waals surface area contributed by atoms with Crippen molar-refractivity contribution in [3.63, 3.8) is 0 Å². The lowest BCUT2D eigenvalue weighted by Gasteiger charge is -2.24. The van der Waals surface area contributed by atoms with Gasteiger partial charge in [0.25, 0.3) is 5.56 Å². The summed E-state index contributed by atoms with van der Waals surface area (Å²) in [5, 5.41) is 0. The molecule has 34 heavy (non-hydrogen) atoms. The third-order valence-corrected chi connectivity index (χ3v) is 6.60. The number of allylic oxidation sites excluding steroid dienone is 1. The fourth-order valence-corrected chi connectivity index (χ4v) is 5.12. The lowest BCUT2D eigenvalue weighted by atomic mass is 9.95. The number of nitrogens with zero attached hydrogens (tertiary/aromatic N) is 2. The Hall–Kier alpha value is -3.85. The minimum absolute atomic E-state index is 0.127. The van der Waals surface area contributed by atoms with Crippen molar-refractivity contribution in [2.75, 3.05) is 20.5 Å². The first-order chi connectivity index (χ1) is 16.5. The van der Waals surface area contributed by atoms with Gasteiger partial charge in [0.1, 0.15) is 5.75 Å². The maximum Gasteiger partial charge on any atom is 0.338 e. The number of ether oxygens (including phenoxy) is 4. The number of esters is 1. The van der Waals surface area contributed by atoms with Crippen LogP contribution in [0.4, 0.5) is 0 Å². The molecule has 0 aliphatic carbocycles. The molecule has 1 atom stereocenters. The molecule has 9 heteroatoms. The average molecular weight is 479 g/mol. The van der Waals surface area contributed by atoms with Gasteiger partial charge in [-0.3, -0.25) is 9.36 Å². The van der Waals surface area contributed by atoms with Gasteiger partial charge in [-0.15, -0.1) is 0 Å². The number of methoxy groups -OCH3 is 1. The van der Waals surface area contributed by atoms with E-state index in [1.807, 2.05) is 30.3 Å². The van der Waals surface area contributed by atoms with Gasteiger partial charge >= 0.3 is 5.97 Å². The number of carbonyl (C=O) groups is 1. The molecule has 8 nitrogen and oxygen atoms in total. The zero-order chi connectivity index (χ0) is 23.8. The molecule has 0 bridgehead atoms. The Morgan fingerprint density at radius 1 is 1.24 bits per heavy atom. The van der Waals surface area contributed by atoms with E-state index >= 15 is 0 Å². The fraction of sp³-hybridized carbons (Fsp3) is 0.240. The molecular formula is C25H22N2O6S. The topological polar surface area (TPSA) is 88.4 Å². The highest BCUT2D eigenvalue weighted by atomic mass is 32.1. The maximum absolute atomic E-state index is 13.6. The zero-order valence-corrected chi connectivity index (χ0v) is 19.7. The van der Waals surface area contributed by atoms with Gasteiger partial charge in [0.15, 0.2) is 16.3 Å². The van der Waals surface area contributed by atoms with Gasteiger partial charge in [-0.1, -0.05) is 29.5 Å². The zero-order valence-electron chi connectivity index (χ0n) is 18.9. The Morgan fingerprint density at radius 3 is 2.85 bits per heavy atom. The van der Waals surface area contributed by atoms with Crippen LogP contribution >= 0.6 is 11.3 Å². The largest absolute Gasteiger partial charge is 0.497 e. The van der Waals surface area contributed by atoms with Crippen molar-refractivity contribution < 1.29 is 23.7 Å². The molecule has 0 fully saturated rings. The third-order valence-electron chi connectivity index (χ3n) is 5.62. The number of benzene rings is 2. The summed E-state index contributed by atoms with van der Waals surface area (Å²) >= 11 is 1.27. The second-order valence-corrected chi connectivity index (χ2v) is 8.70. The van der Waals surface area contributed by atoms with Crippen molar-refractivity contribution in [1.29, 1.82) is 0 Å². The van der Waals surface area contributed by atoms with E-state index in [2.05, 4.69) is 4.99 Å². The Kier molecular flexibility index (Phi) is 5.70. The predicted molar refractivity (Wildman–Crippen MR) is 126 cm³/mol. The molecule has 0 saturated carbocycles. The van der Waals surface area contributed by atoms with Crippen LogP contribution in [-0.4, -0.2) is 31.0 Å². The number of carbonyl (C=O) groups excluding carboxylic acids is 1. The molecule has 2 aromatic carbocycles. The van der Waals surface area contributed by atoms with Gasteiger partial charge in [-0.05, 0) is 55.3 Å². The number of thiazole rings is 1. The number of fused-ring (bicyclic) bond motifs is 2. The molecule has 1 aromatic heterocycles. The van der Waals surface area contributed by atoms with Crippen LogP contribution in [0.5, 0.6) is 17.2 Å². The van der Waals surface area contributed by atoms with Crippen LogP contribution < -0.4 is 29.1 Å². The van der Waals surface area contributed by atoms with Crippen molar-refractivity contribution in [3.8, 4) is 17.2 Å². The van der Waals surface area contributed by atoms with E-state index < -0.39 is 12.0 Å². The van der Waals surface area contributed by atoms with Gasteiger partial charge in [0.2, 0.25) is 6.79 Å². The van der Waals surface area contributed by atoms with E-state index in [0.717, 1.165) is 5.56 Å². The van der Waals surface area contributed by atoms with E-state index in [0.29, 0.717) is 43.4 Å². The molecule has 0 radical (unpaired) electrons. The van der Waals surface area contributed by atoms with Gasteiger partial charge in [-0.2, -0.15) is 0 Å². The smallest absolute Gasteiger partial charge is 0.338 e. The van der Waals surface area contributed by atoms with Gasteiger partial charge < -0.3 is 18.9 Å². The summed E-state index contributed by atoms with van der Waals surface area (Å²) in [4.78, 5) is 31.7. The minimum Gasteiger partial charge on any atom is -0.497 e. The Balaban J connectivity index is 1.71. The quantitative estimate of drug-likeness (QED) is 0.524. The van der Waals surface area contributed by atoms with E-state index in [-0.39, 0.29) is 19.0 Å². The second kappa shape index (κ2) is 8.83. The SMILES string of the molecule is CCOC(=O)C1=C(C)N=c2s/c(=C/c3cccc(OC)c3)c(=O)n2C1c1ccc2c(c1)OCO2. The van der Waals surface area contributed by atoms with Crippen molar-refractivity contribution in [1.82, 2.24) is 4.57 Å². The van der Waals surface area contributed by atoms with Crippen LogP contribution in [0.2, 0.25) is 0 Å². The number of aromatic nitrogens is 1. The molecule has 0 spiro atoms. The molecule has 1 unspecified atom stereocenters. The molecule has 0 N–H and O–H groups in total. The normalized spacial score (nSPS) is 16.8. The first-order valence-electron chi connectivity index (χ1n) is 10.7. The highest BCUT2D eigenvalue weighted by Gasteiger charge is 2.34. The van der Waals surface area contributed by atoms with Crippen molar-refractivity contribution >= 4 is 23.4 Å². The molecule has 5 rings (SSSR count). The first-order valence-corrected chi connectivity index (χ1v) is 11.5. The highest BCUT2D eigenvalue weighted by Crippen LogP contribution is 2.38. The first kappa shape index (κ1) is 22.0. The van der Waals surface area contributed by atoms with Gasteiger partial charge in [0.05, 0.1) is 35.6 Å². The summed E-state index contributed by atoms with van der Waals surface area (Å²) in [6.07, 6.45) is 1.80. The Morgan fingerprint density at radius 2 is 2.06 bits per heavy atom. The third kappa shape index (κ3) is 3.77. The molecular weight excluding hydrogens is 456 g/mol. The fourth-order valence-electron chi connectivity index (χ4n) is 4.07. The molecule has 2 aliphatic rings. The molecule has 3 heterocycles. The van der Waals surface area contributed by atoms with Crippen LogP contribution in [0, 0.1) is 0 Å². The summed E-state index contributed by atoms with van der Waals surface area (Å²) in [5.74, 6) is 1.37. The van der Waals surface area contributed by atoms with Crippen LogP contribution in [0.1, 0.15) is 31.0 Å². The molecule has 0 amide bonds. The van der Waals surface area contributed by atoms with Crippen LogP contribution in [-0.2, 0) is 9.53 Å². The molecule has 3 aromatic rings.